The van der Waals surface area contributed by atoms with Gasteiger partial charge in [-0.2, -0.15) is 13.2 Å². The van der Waals surface area contributed by atoms with Gasteiger partial charge in [-0.15, -0.1) is 0 Å². The first-order valence-corrected chi connectivity index (χ1v) is 6.53. The van der Waals surface area contributed by atoms with Gasteiger partial charge in [0, 0.05) is 32.0 Å². The van der Waals surface area contributed by atoms with Crippen LogP contribution in [0.4, 0.5) is 24.5 Å². The van der Waals surface area contributed by atoms with Gasteiger partial charge < -0.3 is 10.2 Å². The van der Waals surface area contributed by atoms with E-state index in [4.69, 9.17) is 0 Å². The molecular formula is C16H17F3N2. The van der Waals surface area contributed by atoms with Crippen molar-refractivity contribution in [1.82, 2.24) is 0 Å². The first-order chi connectivity index (χ1) is 9.86. The van der Waals surface area contributed by atoms with E-state index < -0.39 is 11.7 Å². The zero-order valence-electron chi connectivity index (χ0n) is 11.9. The molecule has 2 aromatic rings. The van der Waals surface area contributed by atoms with E-state index in [1.165, 1.54) is 12.1 Å². The molecule has 0 radical (unpaired) electrons. The Morgan fingerprint density at radius 1 is 1.00 bits per heavy atom. The van der Waals surface area contributed by atoms with Crippen molar-refractivity contribution >= 4 is 11.4 Å². The summed E-state index contributed by atoms with van der Waals surface area (Å²) in [5.41, 5.74) is 1.92. The van der Waals surface area contributed by atoms with E-state index in [9.17, 15) is 13.2 Å². The fourth-order valence-electron chi connectivity index (χ4n) is 1.94. The van der Waals surface area contributed by atoms with Crippen molar-refractivity contribution in [3.8, 4) is 0 Å². The van der Waals surface area contributed by atoms with E-state index in [0.717, 1.165) is 17.4 Å². The highest BCUT2D eigenvalue weighted by Crippen LogP contribution is 2.29. The second-order valence-corrected chi connectivity index (χ2v) is 4.99. The number of rotatable bonds is 4. The van der Waals surface area contributed by atoms with Crippen molar-refractivity contribution < 1.29 is 13.2 Å². The Kier molecular flexibility index (Phi) is 4.40. The van der Waals surface area contributed by atoms with Crippen molar-refractivity contribution in [2.45, 2.75) is 12.7 Å². The van der Waals surface area contributed by atoms with Gasteiger partial charge in [-0.1, -0.05) is 12.1 Å². The summed E-state index contributed by atoms with van der Waals surface area (Å²) in [5, 5.41) is 3.12. The second kappa shape index (κ2) is 6.08. The molecule has 0 bridgehead atoms. The average molecular weight is 294 g/mol. The minimum absolute atomic E-state index is 0.352. The fraction of sp³-hybridized carbons (Fsp3) is 0.250. The van der Waals surface area contributed by atoms with Crippen molar-refractivity contribution in [3.63, 3.8) is 0 Å². The molecule has 2 nitrogen and oxygen atoms in total. The minimum Gasteiger partial charge on any atom is -0.381 e. The fourth-order valence-corrected chi connectivity index (χ4v) is 1.94. The molecule has 2 aromatic carbocycles. The first-order valence-electron chi connectivity index (χ1n) is 6.53. The van der Waals surface area contributed by atoms with Crippen molar-refractivity contribution in [2.75, 3.05) is 24.3 Å². The molecule has 0 saturated heterocycles. The molecule has 0 aliphatic carbocycles. The maximum atomic E-state index is 12.6. The summed E-state index contributed by atoms with van der Waals surface area (Å²) in [5.74, 6) is 0. The summed E-state index contributed by atoms with van der Waals surface area (Å²) in [6.45, 7) is 0.352. The molecule has 21 heavy (non-hydrogen) atoms. The lowest BCUT2D eigenvalue weighted by Crippen LogP contribution is -2.08. The van der Waals surface area contributed by atoms with Gasteiger partial charge in [0.15, 0.2) is 0 Å². The Morgan fingerprint density at radius 2 is 1.67 bits per heavy atom. The summed E-state index contributed by atoms with van der Waals surface area (Å²) < 4.78 is 37.9. The zero-order valence-corrected chi connectivity index (χ0v) is 11.9. The summed E-state index contributed by atoms with van der Waals surface area (Å²) in [7, 11) is 3.90. The van der Waals surface area contributed by atoms with Crippen LogP contribution in [0.2, 0.25) is 0 Å². The normalized spacial score (nSPS) is 11.3. The van der Waals surface area contributed by atoms with Crippen LogP contribution >= 0.6 is 0 Å². The zero-order chi connectivity index (χ0) is 15.5. The molecule has 0 unspecified atom stereocenters. The molecule has 0 fully saturated rings. The van der Waals surface area contributed by atoms with E-state index in [-0.39, 0.29) is 0 Å². The molecule has 0 aliphatic rings. The maximum absolute atomic E-state index is 12.6. The van der Waals surface area contributed by atoms with Crippen molar-refractivity contribution in [1.29, 1.82) is 0 Å². The molecule has 5 heteroatoms. The minimum atomic E-state index is -4.30. The highest BCUT2D eigenvalue weighted by molar-refractivity contribution is 5.54. The van der Waals surface area contributed by atoms with Crippen LogP contribution in [-0.4, -0.2) is 14.1 Å². The topological polar surface area (TPSA) is 15.3 Å². The Bertz CT molecular complexity index is 589. The van der Waals surface area contributed by atoms with Gasteiger partial charge in [0.25, 0.3) is 0 Å². The summed E-state index contributed by atoms with van der Waals surface area (Å²) in [6.07, 6.45) is -4.30. The van der Waals surface area contributed by atoms with E-state index >= 15 is 0 Å². The van der Waals surface area contributed by atoms with E-state index in [1.54, 1.807) is 6.07 Å². The lowest BCUT2D eigenvalue weighted by Gasteiger charge is -2.14. The molecule has 0 amide bonds. The molecule has 0 spiro atoms. The molecule has 0 aromatic heterocycles. The van der Waals surface area contributed by atoms with Gasteiger partial charge in [0.05, 0.1) is 5.56 Å². The second-order valence-electron chi connectivity index (χ2n) is 4.99. The Labute approximate surface area is 122 Å². The standard InChI is InChI=1S/C16H17F3N2/c1-21(2)15-8-6-14(7-9-15)20-11-12-4-3-5-13(10-12)16(17,18)19/h3-10,20H,11H2,1-2H3. The third-order valence-electron chi connectivity index (χ3n) is 3.13. The summed E-state index contributed by atoms with van der Waals surface area (Å²) in [6, 6.07) is 13.1. The predicted octanol–water partition coefficient (Wildman–Crippen LogP) is 4.38. The third-order valence-corrected chi connectivity index (χ3v) is 3.13. The molecule has 0 atom stereocenters. The van der Waals surface area contributed by atoms with Crippen LogP contribution in [0.5, 0.6) is 0 Å². The molecule has 0 aliphatic heterocycles. The molecule has 0 saturated carbocycles. The van der Waals surface area contributed by atoms with Gasteiger partial charge in [-0.05, 0) is 42.0 Å². The smallest absolute Gasteiger partial charge is 0.381 e. The van der Waals surface area contributed by atoms with Gasteiger partial charge in [0.1, 0.15) is 0 Å². The van der Waals surface area contributed by atoms with Crippen LogP contribution in [0.1, 0.15) is 11.1 Å². The van der Waals surface area contributed by atoms with Crippen LogP contribution in [0.25, 0.3) is 0 Å². The highest BCUT2D eigenvalue weighted by Gasteiger charge is 2.30. The molecule has 0 heterocycles. The van der Waals surface area contributed by atoms with E-state index in [0.29, 0.717) is 12.1 Å². The SMILES string of the molecule is CN(C)c1ccc(NCc2cccc(C(F)(F)F)c2)cc1. The Morgan fingerprint density at radius 3 is 2.24 bits per heavy atom. The lowest BCUT2D eigenvalue weighted by atomic mass is 10.1. The summed E-state index contributed by atoms with van der Waals surface area (Å²) >= 11 is 0. The van der Waals surface area contributed by atoms with Crippen LogP contribution in [0.15, 0.2) is 48.5 Å². The van der Waals surface area contributed by atoms with Gasteiger partial charge in [-0.25, -0.2) is 0 Å². The first kappa shape index (κ1) is 15.2. The van der Waals surface area contributed by atoms with Crippen LogP contribution in [0, 0.1) is 0 Å². The number of hydrogen-bond acceptors (Lipinski definition) is 2. The number of alkyl halides is 3. The molecular weight excluding hydrogens is 277 g/mol. The highest BCUT2D eigenvalue weighted by atomic mass is 19.4. The van der Waals surface area contributed by atoms with Crippen LogP contribution in [-0.2, 0) is 12.7 Å². The van der Waals surface area contributed by atoms with Crippen molar-refractivity contribution in [3.05, 3.63) is 59.7 Å². The summed E-state index contributed by atoms with van der Waals surface area (Å²) in [4.78, 5) is 1.98. The number of anilines is 2. The number of nitrogens with one attached hydrogen (secondary N) is 1. The largest absolute Gasteiger partial charge is 0.416 e. The van der Waals surface area contributed by atoms with E-state index in [1.807, 2.05) is 43.3 Å². The van der Waals surface area contributed by atoms with Gasteiger partial charge in [-0.3, -0.25) is 0 Å². The molecule has 112 valence electrons. The Hall–Kier alpha value is -2.17. The number of benzene rings is 2. The number of halogens is 3. The quantitative estimate of drug-likeness (QED) is 0.900. The Balaban J connectivity index is 2.03. The van der Waals surface area contributed by atoms with Gasteiger partial charge >= 0.3 is 6.18 Å². The predicted molar refractivity (Wildman–Crippen MR) is 79.5 cm³/mol. The van der Waals surface area contributed by atoms with Crippen molar-refractivity contribution in [2.24, 2.45) is 0 Å². The maximum Gasteiger partial charge on any atom is 0.416 e. The van der Waals surface area contributed by atoms with Crippen LogP contribution < -0.4 is 10.2 Å². The number of nitrogens with zero attached hydrogens (tertiary/aromatic N) is 1. The number of hydrogen-bond donors (Lipinski definition) is 1. The average Bonchev–Trinajstić information content (AvgIpc) is 2.45. The lowest BCUT2D eigenvalue weighted by molar-refractivity contribution is -0.137. The van der Waals surface area contributed by atoms with Crippen LogP contribution in [0.3, 0.4) is 0 Å². The monoisotopic (exact) mass is 294 g/mol. The van der Waals surface area contributed by atoms with Gasteiger partial charge in [0.2, 0.25) is 0 Å². The molecule has 2 rings (SSSR count). The third kappa shape index (κ3) is 4.15. The molecule has 1 N–H and O–H groups in total. The van der Waals surface area contributed by atoms with E-state index in [2.05, 4.69) is 5.32 Å².